The van der Waals surface area contributed by atoms with Crippen molar-refractivity contribution in [2.45, 2.75) is 39.2 Å². The highest BCUT2D eigenvalue weighted by Crippen LogP contribution is 2.19. The number of hydrogen-bond acceptors (Lipinski definition) is 6. The van der Waals surface area contributed by atoms with Crippen molar-refractivity contribution in [3.63, 3.8) is 0 Å². The van der Waals surface area contributed by atoms with E-state index in [1.165, 1.54) is 17.4 Å². The van der Waals surface area contributed by atoms with E-state index in [1.54, 1.807) is 12.3 Å². The number of nitrogens with one attached hydrogen (secondary N) is 2. The fourth-order valence-electron chi connectivity index (χ4n) is 2.03. The summed E-state index contributed by atoms with van der Waals surface area (Å²) >= 11 is 1.43. The highest BCUT2D eigenvalue weighted by Gasteiger charge is 2.12. The van der Waals surface area contributed by atoms with Gasteiger partial charge in [0, 0.05) is 10.9 Å². The van der Waals surface area contributed by atoms with Crippen LogP contribution in [-0.2, 0) is 11.2 Å². The average molecular weight is 323 g/mol. The molecule has 2 aromatic heterocycles. The molecule has 0 aliphatic rings. The number of halogens is 1. The number of anilines is 2. The smallest absolute Gasteiger partial charge is 0.234 e. The normalized spacial score (nSPS) is 12.0. The molecule has 2 rings (SSSR count). The van der Waals surface area contributed by atoms with E-state index in [4.69, 9.17) is 0 Å². The maximum atomic E-state index is 13.4. The van der Waals surface area contributed by atoms with Crippen LogP contribution in [0.15, 0.2) is 11.4 Å². The lowest BCUT2D eigenvalue weighted by Gasteiger charge is -2.17. The molecule has 2 aromatic rings. The van der Waals surface area contributed by atoms with Crippen LogP contribution in [0.3, 0.4) is 0 Å². The van der Waals surface area contributed by atoms with Crippen molar-refractivity contribution in [3.05, 3.63) is 28.0 Å². The summed E-state index contributed by atoms with van der Waals surface area (Å²) in [5.41, 5.74) is 0. The summed E-state index contributed by atoms with van der Waals surface area (Å²) in [6.07, 6.45) is 2.82. The topological polar surface area (TPSA) is 79.8 Å². The molecule has 0 radical (unpaired) electrons. The molecule has 2 heterocycles. The number of thiophene rings is 1. The summed E-state index contributed by atoms with van der Waals surface area (Å²) in [5.74, 6) is 0.994. The molecule has 6 nitrogen and oxygen atoms in total. The van der Waals surface area contributed by atoms with E-state index < -0.39 is 0 Å². The first-order valence-electron chi connectivity index (χ1n) is 7.03. The minimum Gasteiger partial charge on any atom is -0.351 e. The first-order chi connectivity index (χ1) is 10.6. The van der Waals surface area contributed by atoms with Gasteiger partial charge in [0.25, 0.3) is 0 Å². The van der Waals surface area contributed by atoms with Gasteiger partial charge in [0.1, 0.15) is 11.6 Å². The SMILES string of the molecule is CCC(CCc1sccc1F)Nc1nc(C)nc(NC=O)n1. The molecule has 2 N–H and O–H groups in total. The quantitative estimate of drug-likeness (QED) is 0.730. The molecule has 0 aromatic carbocycles. The van der Waals surface area contributed by atoms with E-state index in [0.29, 0.717) is 24.6 Å². The molecule has 0 aliphatic carbocycles. The van der Waals surface area contributed by atoms with Crippen molar-refractivity contribution in [2.75, 3.05) is 10.6 Å². The zero-order valence-electron chi connectivity index (χ0n) is 12.5. The lowest BCUT2D eigenvalue weighted by molar-refractivity contribution is -0.105. The Balaban J connectivity index is 2.00. The molecular formula is C14H18FN5OS. The Morgan fingerprint density at radius 1 is 1.36 bits per heavy atom. The molecule has 0 saturated carbocycles. The maximum absolute atomic E-state index is 13.4. The number of nitrogens with zero attached hydrogens (tertiary/aromatic N) is 3. The third-order valence-electron chi connectivity index (χ3n) is 3.17. The van der Waals surface area contributed by atoms with Crippen LogP contribution in [0, 0.1) is 12.7 Å². The van der Waals surface area contributed by atoms with Gasteiger partial charge in [-0.3, -0.25) is 10.1 Å². The lowest BCUT2D eigenvalue weighted by Crippen LogP contribution is -2.21. The van der Waals surface area contributed by atoms with Crippen LogP contribution in [0.4, 0.5) is 16.3 Å². The van der Waals surface area contributed by atoms with Crippen LogP contribution in [0.25, 0.3) is 0 Å². The monoisotopic (exact) mass is 323 g/mol. The fourth-order valence-corrected chi connectivity index (χ4v) is 2.80. The number of aromatic nitrogens is 3. The van der Waals surface area contributed by atoms with Crippen molar-refractivity contribution >= 4 is 29.6 Å². The van der Waals surface area contributed by atoms with Gasteiger partial charge >= 0.3 is 0 Å². The Hall–Kier alpha value is -2.09. The highest BCUT2D eigenvalue weighted by molar-refractivity contribution is 7.09. The third-order valence-corrected chi connectivity index (χ3v) is 4.13. The Morgan fingerprint density at radius 3 is 2.77 bits per heavy atom. The molecule has 0 saturated heterocycles. The van der Waals surface area contributed by atoms with Crippen LogP contribution in [0.5, 0.6) is 0 Å². The summed E-state index contributed by atoms with van der Waals surface area (Å²) in [4.78, 5) is 23.6. The predicted molar refractivity (Wildman–Crippen MR) is 84.6 cm³/mol. The van der Waals surface area contributed by atoms with E-state index in [1.807, 2.05) is 6.92 Å². The average Bonchev–Trinajstić information content (AvgIpc) is 2.88. The number of carbonyl (C=O) groups excluding carboxylic acids is 1. The number of amides is 1. The molecule has 0 fully saturated rings. The van der Waals surface area contributed by atoms with Gasteiger partial charge in [0.15, 0.2) is 0 Å². The van der Waals surface area contributed by atoms with Gasteiger partial charge < -0.3 is 5.32 Å². The van der Waals surface area contributed by atoms with Gasteiger partial charge in [-0.15, -0.1) is 11.3 Å². The van der Waals surface area contributed by atoms with Crippen LogP contribution < -0.4 is 10.6 Å². The van der Waals surface area contributed by atoms with Crippen molar-refractivity contribution in [2.24, 2.45) is 0 Å². The van der Waals surface area contributed by atoms with Gasteiger partial charge in [0.05, 0.1) is 0 Å². The Morgan fingerprint density at radius 2 is 2.14 bits per heavy atom. The van der Waals surface area contributed by atoms with Gasteiger partial charge in [0.2, 0.25) is 18.3 Å². The Kier molecular flexibility index (Phi) is 5.76. The number of carbonyl (C=O) groups is 1. The van der Waals surface area contributed by atoms with Gasteiger partial charge in [-0.05, 0) is 37.6 Å². The molecule has 8 heteroatoms. The van der Waals surface area contributed by atoms with Gasteiger partial charge in [-0.1, -0.05) is 6.92 Å². The largest absolute Gasteiger partial charge is 0.351 e. The summed E-state index contributed by atoms with van der Waals surface area (Å²) in [7, 11) is 0. The number of hydrogen-bond donors (Lipinski definition) is 2. The highest BCUT2D eigenvalue weighted by atomic mass is 32.1. The van der Waals surface area contributed by atoms with Crippen molar-refractivity contribution in [3.8, 4) is 0 Å². The zero-order valence-corrected chi connectivity index (χ0v) is 13.3. The zero-order chi connectivity index (χ0) is 15.9. The molecular weight excluding hydrogens is 305 g/mol. The van der Waals surface area contributed by atoms with Crippen LogP contribution in [0.2, 0.25) is 0 Å². The summed E-state index contributed by atoms with van der Waals surface area (Å²) in [6, 6.07) is 1.61. The summed E-state index contributed by atoms with van der Waals surface area (Å²) < 4.78 is 13.4. The van der Waals surface area contributed by atoms with Crippen LogP contribution >= 0.6 is 11.3 Å². The second kappa shape index (κ2) is 7.79. The molecule has 0 spiro atoms. The summed E-state index contributed by atoms with van der Waals surface area (Å²) in [6.45, 7) is 3.77. The Labute approximate surface area is 132 Å². The van der Waals surface area contributed by atoms with Crippen LogP contribution in [0.1, 0.15) is 30.5 Å². The van der Waals surface area contributed by atoms with E-state index in [0.717, 1.165) is 17.7 Å². The van der Waals surface area contributed by atoms with Crippen molar-refractivity contribution < 1.29 is 9.18 Å². The number of aryl methyl sites for hydroxylation is 2. The first kappa shape index (κ1) is 16.3. The third kappa shape index (κ3) is 4.45. The predicted octanol–water partition coefficient (Wildman–Crippen LogP) is 2.77. The second-order valence-electron chi connectivity index (χ2n) is 4.77. The van der Waals surface area contributed by atoms with E-state index >= 15 is 0 Å². The molecule has 1 atom stereocenters. The minimum absolute atomic E-state index is 0.118. The molecule has 1 unspecified atom stereocenters. The van der Waals surface area contributed by atoms with E-state index in [9.17, 15) is 9.18 Å². The minimum atomic E-state index is -0.145. The van der Waals surface area contributed by atoms with Crippen LogP contribution in [-0.4, -0.2) is 27.4 Å². The van der Waals surface area contributed by atoms with Gasteiger partial charge in [-0.2, -0.15) is 15.0 Å². The van der Waals surface area contributed by atoms with E-state index in [-0.39, 0.29) is 17.8 Å². The van der Waals surface area contributed by atoms with Crippen molar-refractivity contribution in [1.82, 2.24) is 15.0 Å². The second-order valence-corrected chi connectivity index (χ2v) is 5.77. The number of rotatable bonds is 8. The molecule has 22 heavy (non-hydrogen) atoms. The fraction of sp³-hybridized carbons (Fsp3) is 0.429. The van der Waals surface area contributed by atoms with Crippen molar-refractivity contribution in [1.29, 1.82) is 0 Å². The Bertz CT molecular complexity index is 633. The molecule has 0 bridgehead atoms. The molecule has 1 amide bonds. The summed E-state index contributed by atoms with van der Waals surface area (Å²) in [5, 5.41) is 7.38. The first-order valence-corrected chi connectivity index (χ1v) is 7.91. The maximum Gasteiger partial charge on any atom is 0.234 e. The lowest BCUT2D eigenvalue weighted by atomic mass is 10.1. The molecule has 0 aliphatic heterocycles. The standard InChI is InChI=1S/C14H18FN5OS/c1-3-10(4-5-12-11(15)6-7-22-12)19-14-18-9(2)17-13(20-14)16-8-21/h6-8,10H,3-5H2,1-2H3,(H2,16,17,18,19,20,21). The molecule has 118 valence electrons. The van der Waals surface area contributed by atoms with Gasteiger partial charge in [-0.25, -0.2) is 4.39 Å². The van der Waals surface area contributed by atoms with E-state index in [2.05, 4.69) is 25.6 Å².